The lowest BCUT2D eigenvalue weighted by Crippen LogP contribution is -2.38. The number of likely N-dealkylation sites (tertiary alicyclic amines) is 1. The quantitative estimate of drug-likeness (QED) is 0.702. The molecular formula is C12H18N4O2. The van der Waals surface area contributed by atoms with Crippen LogP contribution in [0.5, 0.6) is 0 Å². The number of imidazole rings is 1. The number of aromatic amines is 1. The Morgan fingerprint density at radius 3 is 3.11 bits per heavy atom. The highest BCUT2D eigenvalue weighted by Gasteiger charge is 2.21. The molecule has 1 saturated heterocycles. The van der Waals surface area contributed by atoms with E-state index in [0.717, 1.165) is 25.1 Å². The van der Waals surface area contributed by atoms with Gasteiger partial charge in [0.05, 0.1) is 6.54 Å². The molecule has 0 atom stereocenters. The van der Waals surface area contributed by atoms with E-state index in [1.54, 1.807) is 17.3 Å². The smallest absolute Gasteiger partial charge is 0.239 e. The summed E-state index contributed by atoms with van der Waals surface area (Å²) < 4.78 is 0. The number of hydrogen-bond donors (Lipinski definition) is 2. The van der Waals surface area contributed by atoms with E-state index in [-0.39, 0.29) is 18.4 Å². The van der Waals surface area contributed by atoms with Gasteiger partial charge in [0.15, 0.2) is 0 Å². The lowest BCUT2D eigenvalue weighted by molar-refractivity contribution is -0.133. The third-order valence-electron chi connectivity index (χ3n) is 2.97. The van der Waals surface area contributed by atoms with Crippen LogP contribution in [-0.4, -0.2) is 46.3 Å². The first-order chi connectivity index (χ1) is 8.75. The Morgan fingerprint density at radius 2 is 2.44 bits per heavy atom. The molecule has 6 heteroatoms. The summed E-state index contributed by atoms with van der Waals surface area (Å²) in [5, 5.41) is 2.82. The summed E-state index contributed by atoms with van der Waals surface area (Å²) in [6.45, 7) is 1.51. The van der Waals surface area contributed by atoms with Gasteiger partial charge < -0.3 is 15.2 Å². The molecule has 0 radical (unpaired) electrons. The van der Waals surface area contributed by atoms with E-state index in [1.165, 1.54) is 0 Å². The van der Waals surface area contributed by atoms with Gasteiger partial charge in [-0.1, -0.05) is 0 Å². The average molecular weight is 250 g/mol. The van der Waals surface area contributed by atoms with Gasteiger partial charge in [0.2, 0.25) is 11.8 Å². The number of carbonyl (C=O) groups is 2. The van der Waals surface area contributed by atoms with Crippen LogP contribution in [0, 0.1) is 0 Å². The summed E-state index contributed by atoms with van der Waals surface area (Å²) in [6.07, 6.45) is 6.60. The van der Waals surface area contributed by atoms with E-state index in [4.69, 9.17) is 0 Å². The molecule has 2 rings (SSSR count). The monoisotopic (exact) mass is 250 g/mol. The van der Waals surface area contributed by atoms with Gasteiger partial charge in [-0.3, -0.25) is 9.59 Å². The standard InChI is InChI=1S/C12H18N4O2/c17-11(9-16-8-2-4-12(16)18)15-5-1-3-10-13-6-7-14-10/h6-7H,1-5,8-9H2,(H,13,14)(H,15,17). The van der Waals surface area contributed by atoms with Gasteiger partial charge in [-0.15, -0.1) is 0 Å². The number of aryl methyl sites for hydroxylation is 1. The highest BCUT2D eigenvalue weighted by Crippen LogP contribution is 2.08. The largest absolute Gasteiger partial charge is 0.355 e. The lowest BCUT2D eigenvalue weighted by Gasteiger charge is -2.14. The minimum absolute atomic E-state index is 0.0790. The number of hydrogen-bond acceptors (Lipinski definition) is 3. The number of carbonyl (C=O) groups excluding carboxylic acids is 2. The molecule has 1 aliphatic heterocycles. The van der Waals surface area contributed by atoms with Crippen molar-refractivity contribution in [1.82, 2.24) is 20.2 Å². The van der Waals surface area contributed by atoms with Crippen LogP contribution in [0.1, 0.15) is 25.1 Å². The van der Waals surface area contributed by atoms with E-state index in [2.05, 4.69) is 15.3 Å². The maximum Gasteiger partial charge on any atom is 0.239 e. The minimum Gasteiger partial charge on any atom is -0.355 e. The van der Waals surface area contributed by atoms with Crippen molar-refractivity contribution in [2.24, 2.45) is 0 Å². The van der Waals surface area contributed by atoms with Crippen LogP contribution in [0.4, 0.5) is 0 Å². The fourth-order valence-electron chi connectivity index (χ4n) is 2.02. The van der Waals surface area contributed by atoms with Crippen LogP contribution >= 0.6 is 0 Å². The average Bonchev–Trinajstić information content (AvgIpc) is 2.98. The third-order valence-corrected chi connectivity index (χ3v) is 2.97. The van der Waals surface area contributed by atoms with Crippen LogP contribution in [0.25, 0.3) is 0 Å². The van der Waals surface area contributed by atoms with Crippen molar-refractivity contribution in [3.8, 4) is 0 Å². The number of nitrogens with one attached hydrogen (secondary N) is 2. The fraction of sp³-hybridized carbons (Fsp3) is 0.583. The molecule has 1 aliphatic rings. The van der Waals surface area contributed by atoms with Gasteiger partial charge in [-0.05, 0) is 12.8 Å². The topological polar surface area (TPSA) is 78.1 Å². The summed E-state index contributed by atoms with van der Waals surface area (Å²) in [5.74, 6) is 0.935. The van der Waals surface area contributed by atoms with Gasteiger partial charge in [0.25, 0.3) is 0 Å². The molecule has 0 aromatic carbocycles. The minimum atomic E-state index is -0.0790. The number of aromatic nitrogens is 2. The van der Waals surface area contributed by atoms with Crippen LogP contribution in [-0.2, 0) is 16.0 Å². The Balaban J connectivity index is 1.58. The molecule has 2 heterocycles. The fourth-order valence-corrected chi connectivity index (χ4v) is 2.02. The molecule has 2 N–H and O–H groups in total. The molecule has 18 heavy (non-hydrogen) atoms. The molecule has 1 aromatic heterocycles. The first kappa shape index (κ1) is 12.6. The van der Waals surface area contributed by atoms with E-state index in [0.29, 0.717) is 19.5 Å². The maximum absolute atomic E-state index is 11.6. The number of rotatable bonds is 6. The Labute approximate surface area is 106 Å². The number of nitrogens with zero attached hydrogens (tertiary/aromatic N) is 2. The molecular weight excluding hydrogens is 232 g/mol. The van der Waals surface area contributed by atoms with Crippen molar-refractivity contribution in [3.63, 3.8) is 0 Å². The van der Waals surface area contributed by atoms with Crippen LogP contribution in [0.3, 0.4) is 0 Å². The van der Waals surface area contributed by atoms with Crippen molar-refractivity contribution in [1.29, 1.82) is 0 Å². The van der Waals surface area contributed by atoms with Gasteiger partial charge in [0.1, 0.15) is 5.82 Å². The lowest BCUT2D eigenvalue weighted by atomic mass is 10.3. The molecule has 1 fully saturated rings. The summed E-state index contributed by atoms with van der Waals surface area (Å²) in [5.41, 5.74) is 0. The zero-order chi connectivity index (χ0) is 12.8. The van der Waals surface area contributed by atoms with Crippen molar-refractivity contribution in [3.05, 3.63) is 18.2 Å². The Morgan fingerprint density at radius 1 is 1.56 bits per heavy atom. The van der Waals surface area contributed by atoms with Crippen LogP contribution < -0.4 is 5.32 Å². The predicted molar refractivity (Wildman–Crippen MR) is 65.7 cm³/mol. The van der Waals surface area contributed by atoms with Crippen LogP contribution in [0.2, 0.25) is 0 Å². The van der Waals surface area contributed by atoms with Crippen molar-refractivity contribution >= 4 is 11.8 Å². The predicted octanol–water partition coefficient (Wildman–Crippen LogP) is 0.0809. The first-order valence-electron chi connectivity index (χ1n) is 6.28. The Hall–Kier alpha value is -1.85. The number of amides is 2. The Kier molecular flexibility index (Phi) is 4.33. The van der Waals surface area contributed by atoms with Crippen molar-refractivity contribution < 1.29 is 9.59 Å². The highest BCUT2D eigenvalue weighted by molar-refractivity contribution is 5.85. The third kappa shape index (κ3) is 3.58. The molecule has 0 saturated carbocycles. The summed E-state index contributed by atoms with van der Waals surface area (Å²) in [6, 6.07) is 0. The van der Waals surface area contributed by atoms with E-state index in [9.17, 15) is 9.59 Å². The molecule has 0 spiro atoms. The molecule has 98 valence electrons. The second-order valence-electron chi connectivity index (χ2n) is 4.41. The van der Waals surface area contributed by atoms with E-state index >= 15 is 0 Å². The van der Waals surface area contributed by atoms with E-state index < -0.39 is 0 Å². The Bertz CT molecular complexity index is 402. The molecule has 0 bridgehead atoms. The highest BCUT2D eigenvalue weighted by atomic mass is 16.2. The normalized spacial score (nSPS) is 15.1. The SMILES string of the molecule is O=C(CN1CCCC1=O)NCCCc1ncc[nH]1. The van der Waals surface area contributed by atoms with Gasteiger partial charge in [-0.2, -0.15) is 0 Å². The van der Waals surface area contributed by atoms with Crippen molar-refractivity contribution in [2.75, 3.05) is 19.6 Å². The van der Waals surface area contributed by atoms with Crippen molar-refractivity contribution in [2.45, 2.75) is 25.7 Å². The number of H-pyrrole nitrogens is 1. The maximum atomic E-state index is 11.6. The molecule has 1 aromatic rings. The molecule has 2 amide bonds. The van der Waals surface area contributed by atoms with Gasteiger partial charge >= 0.3 is 0 Å². The van der Waals surface area contributed by atoms with E-state index in [1.807, 2.05) is 0 Å². The summed E-state index contributed by atoms with van der Waals surface area (Å²) >= 11 is 0. The van der Waals surface area contributed by atoms with Crippen LogP contribution in [0.15, 0.2) is 12.4 Å². The summed E-state index contributed by atoms with van der Waals surface area (Å²) in [4.78, 5) is 31.6. The second-order valence-corrected chi connectivity index (χ2v) is 4.41. The zero-order valence-corrected chi connectivity index (χ0v) is 10.3. The molecule has 0 unspecified atom stereocenters. The summed E-state index contributed by atoms with van der Waals surface area (Å²) in [7, 11) is 0. The second kappa shape index (κ2) is 6.18. The first-order valence-corrected chi connectivity index (χ1v) is 6.28. The zero-order valence-electron chi connectivity index (χ0n) is 10.3. The molecule has 0 aliphatic carbocycles. The van der Waals surface area contributed by atoms with Gasteiger partial charge in [-0.25, -0.2) is 4.98 Å². The van der Waals surface area contributed by atoms with Gasteiger partial charge in [0, 0.05) is 38.3 Å². The molecule has 6 nitrogen and oxygen atoms in total.